The van der Waals surface area contributed by atoms with Gasteiger partial charge in [-0.05, 0) is 36.1 Å². The molecule has 4 aromatic rings. The maximum absolute atomic E-state index is 11.6. The van der Waals surface area contributed by atoms with Crippen molar-refractivity contribution in [1.82, 2.24) is 0 Å². The predicted molar refractivity (Wildman–Crippen MR) is 140 cm³/mol. The minimum absolute atomic E-state index is 0.0948. The molecule has 0 spiro atoms. The van der Waals surface area contributed by atoms with Crippen LogP contribution < -0.4 is 18.9 Å². The van der Waals surface area contributed by atoms with Gasteiger partial charge in [-0.2, -0.15) is 21.4 Å². The Morgan fingerprint density at radius 2 is 1.76 bits per heavy atom. The summed E-state index contributed by atoms with van der Waals surface area (Å²) < 4.78 is 83.7. The Labute approximate surface area is 219 Å². The molecule has 0 saturated carbocycles. The van der Waals surface area contributed by atoms with Crippen molar-refractivity contribution in [3.8, 4) is 11.5 Å². The molecule has 0 radical (unpaired) electrons. The average molecular weight is 562 g/mol. The smallest absolute Gasteiger partial charge is 0.379 e. The van der Waals surface area contributed by atoms with Crippen LogP contribution >= 0.6 is 0 Å². The molecular weight excluding hydrogens is 536 g/mol. The van der Waals surface area contributed by atoms with Crippen molar-refractivity contribution in [2.24, 2.45) is 0 Å². The lowest BCUT2D eigenvalue weighted by Crippen LogP contribution is -2.39. The summed E-state index contributed by atoms with van der Waals surface area (Å²) in [4.78, 5) is 1.72. The highest BCUT2D eigenvalue weighted by Gasteiger charge is 2.31. The molecule has 3 aromatic carbocycles. The fourth-order valence-electron chi connectivity index (χ4n) is 4.47. The highest BCUT2D eigenvalue weighted by atomic mass is 32.2. The number of anilines is 1. The second-order valence-corrected chi connectivity index (χ2v) is 11.9. The molecule has 11 nitrogen and oxygen atoms in total. The fourth-order valence-corrected chi connectivity index (χ4v) is 5.37. The standard InChI is InChI=1S/C25H24N2O9S2/c1-34-18-8-10-21-20(15-18)26(11-4-13-37(28,29)30)23(35-21)16-24-27(12-14-38(31,32)33)25-19-6-3-2-5-17(19)7-9-22(25)36-24/h2-3,5-10,15-16H,4,11-14H2,1H3,(H-,28,29,30,31,32,33)/p+1. The van der Waals surface area contributed by atoms with Crippen molar-refractivity contribution in [1.29, 1.82) is 0 Å². The third kappa shape index (κ3) is 5.45. The molecule has 0 aliphatic carbocycles. The van der Waals surface area contributed by atoms with E-state index in [1.165, 1.54) is 7.11 Å². The molecule has 0 saturated heterocycles. The van der Waals surface area contributed by atoms with Crippen LogP contribution in [0.25, 0.3) is 27.9 Å². The minimum atomic E-state index is -4.27. The van der Waals surface area contributed by atoms with Gasteiger partial charge in [-0.3, -0.25) is 9.11 Å². The van der Waals surface area contributed by atoms with Crippen molar-refractivity contribution >= 4 is 53.9 Å². The number of hydrogen-bond donors (Lipinski definition) is 2. The third-order valence-electron chi connectivity index (χ3n) is 6.16. The van der Waals surface area contributed by atoms with E-state index in [0.29, 0.717) is 34.2 Å². The molecule has 0 bridgehead atoms. The van der Waals surface area contributed by atoms with E-state index < -0.39 is 31.7 Å². The third-order valence-corrected chi connectivity index (χ3v) is 7.66. The van der Waals surface area contributed by atoms with Gasteiger partial charge in [-0.1, -0.05) is 24.3 Å². The van der Waals surface area contributed by atoms with E-state index in [2.05, 4.69) is 0 Å². The number of nitrogens with zero attached hydrogens (tertiary/aromatic N) is 2. The Kier molecular flexibility index (Phi) is 6.77. The van der Waals surface area contributed by atoms with Crippen molar-refractivity contribution in [3.05, 3.63) is 66.4 Å². The van der Waals surface area contributed by atoms with Gasteiger partial charge in [0.25, 0.3) is 25.8 Å². The molecule has 38 heavy (non-hydrogen) atoms. The summed E-state index contributed by atoms with van der Waals surface area (Å²) in [6, 6.07) is 16.4. The second-order valence-electron chi connectivity index (χ2n) is 8.72. The van der Waals surface area contributed by atoms with Crippen molar-refractivity contribution in [2.75, 3.05) is 30.1 Å². The number of methoxy groups -OCH3 is 1. The number of rotatable bonds is 9. The average Bonchev–Trinajstić information content (AvgIpc) is 3.38. The van der Waals surface area contributed by atoms with Gasteiger partial charge in [0.2, 0.25) is 11.5 Å². The van der Waals surface area contributed by atoms with Crippen LogP contribution in [-0.2, 0) is 26.8 Å². The maximum atomic E-state index is 11.6. The summed E-state index contributed by atoms with van der Waals surface area (Å²) in [7, 11) is -6.92. The first-order chi connectivity index (χ1) is 18.0. The number of fused-ring (bicyclic) bond motifs is 4. The van der Waals surface area contributed by atoms with Gasteiger partial charge >= 0.3 is 5.89 Å². The Hall–Kier alpha value is -3.65. The Morgan fingerprint density at radius 1 is 1.00 bits per heavy atom. The molecule has 13 heteroatoms. The molecule has 0 amide bonds. The van der Waals surface area contributed by atoms with Crippen LogP contribution in [0.2, 0.25) is 0 Å². The first-order valence-corrected chi connectivity index (χ1v) is 14.8. The van der Waals surface area contributed by atoms with Crippen molar-refractivity contribution in [3.63, 3.8) is 0 Å². The molecule has 0 unspecified atom stereocenters. The van der Waals surface area contributed by atoms with Gasteiger partial charge in [0.1, 0.15) is 17.6 Å². The summed E-state index contributed by atoms with van der Waals surface area (Å²) >= 11 is 0. The van der Waals surface area contributed by atoms with E-state index in [1.54, 1.807) is 39.8 Å². The van der Waals surface area contributed by atoms with Crippen LogP contribution in [-0.4, -0.2) is 51.1 Å². The summed E-state index contributed by atoms with van der Waals surface area (Å²) in [5, 5.41) is 1.75. The van der Waals surface area contributed by atoms with E-state index in [0.717, 1.165) is 10.8 Å². The van der Waals surface area contributed by atoms with Crippen LogP contribution in [0.4, 0.5) is 5.69 Å². The normalized spacial score (nSPS) is 14.8. The van der Waals surface area contributed by atoms with Gasteiger partial charge in [0.05, 0.1) is 23.9 Å². The molecule has 2 N–H and O–H groups in total. The highest BCUT2D eigenvalue weighted by molar-refractivity contribution is 7.86. The number of benzene rings is 3. The van der Waals surface area contributed by atoms with Gasteiger partial charge in [0.15, 0.2) is 12.3 Å². The van der Waals surface area contributed by atoms with Gasteiger partial charge < -0.3 is 18.8 Å². The summed E-state index contributed by atoms with van der Waals surface area (Å²) in [6.45, 7) is 0.0858. The van der Waals surface area contributed by atoms with E-state index >= 15 is 0 Å². The largest absolute Gasteiger partial charge is 0.497 e. The zero-order valence-corrected chi connectivity index (χ0v) is 21.9. The predicted octanol–water partition coefficient (Wildman–Crippen LogP) is 3.25. The molecule has 5 rings (SSSR count). The molecule has 0 fully saturated rings. The monoisotopic (exact) mass is 561 g/mol. The number of aryl methyl sites for hydroxylation is 1. The Bertz CT molecular complexity index is 1780. The van der Waals surface area contributed by atoms with Crippen molar-refractivity contribution in [2.45, 2.75) is 13.0 Å². The summed E-state index contributed by atoms with van der Waals surface area (Å²) in [5.41, 5.74) is 1.77. The molecule has 2 heterocycles. The van der Waals surface area contributed by atoms with Gasteiger partial charge in [0, 0.05) is 12.6 Å². The van der Waals surface area contributed by atoms with E-state index in [1.807, 2.05) is 30.3 Å². The topological polar surface area (TPSA) is 147 Å². The lowest BCUT2D eigenvalue weighted by Gasteiger charge is -2.17. The number of ether oxygens (including phenoxy) is 2. The lowest BCUT2D eigenvalue weighted by molar-refractivity contribution is -0.672. The second kappa shape index (κ2) is 9.91. The highest BCUT2D eigenvalue weighted by Crippen LogP contribution is 2.42. The van der Waals surface area contributed by atoms with Crippen molar-refractivity contribution < 1.29 is 44.4 Å². The summed E-state index contributed by atoms with van der Waals surface area (Å²) in [5.74, 6) is 0.632. The van der Waals surface area contributed by atoms with Gasteiger partial charge in [-0.25, -0.2) is 0 Å². The van der Waals surface area contributed by atoms with Crippen LogP contribution in [0.15, 0.2) is 64.9 Å². The first kappa shape index (κ1) is 26.0. The molecule has 200 valence electrons. The quantitative estimate of drug-likeness (QED) is 0.230. The molecule has 1 aliphatic heterocycles. The molecule has 0 atom stereocenters. The fraction of sp³-hybridized carbons (Fsp3) is 0.240. The van der Waals surface area contributed by atoms with E-state index in [-0.39, 0.29) is 25.4 Å². The van der Waals surface area contributed by atoms with Crippen LogP contribution in [0.1, 0.15) is 12.3 Å². The minimum Gasteiger partial charge on any atom is -0.497 e. The number of aromatic nitrogens is 1. The number of oxazole rings is 1. The van der Waals surface area contributed by atoms with E-state index in [4.69, 9.17) is 13.9 Å². The zero-order chi connectivity index (χ0) is 27.1. The van der Waals surface area contributed by atoms with E-state index in [9.17, 15) is 25.9 Å². The Balaban J connectivity index is 1.63. The summed E-state index contributed by atoms with van der Waals surface area (Å²) in [6.07, 6.45) is 1.68. The van der Waals surface area contributed by atoms with Crippen LogP contribution in [0.5, 0.6) is 11.5 Å². The molecule has 1 aromatic heterocycles. The zero-order valence-electron chi connectivity index (χ0n) is 20.3. The first-order valence-electron chi connectivity index (χ1n) is 11.6. The SMILES string of the molecule is COc1ccc2c(c1)N(CCCS(=O)(=O)O)C(=Cc1oc3ccc4ccccc4c3[n+]1CCS(=O)(=O)O)O2. The number of hydrogen-bond acceptors (Lipinski definition) is 8. The van der Waals surface area contributed by atoms with Crippen LogP contribution in [0, 0.1) is 0 Å². The maximum Gasteiger partial charge on any atom is 0.379 e. The Morgan fingerprint density at radius 3 is 2.50 bits per heavy atom. The molecule has 1 aliphatic rings. The lowest BCUT2D eigenvalue weighted by atomic mass is 10.1. The van der Waals surface area contributed by atoms with Crippen LogP contribution in [0.3, 0.4) is 0 Å². The van der Waals surface area contributed by atoms with Gasteiger partial charge in [-0.15, -0.1) is 0 Å². The molecular formula is C25H25N2O9S2+.